The molecule has 2 N–H and O–H groups in total. The number of nitrogens with one attached hydrogen (secondary N) is 1. The van der Waals surface area contributed by atoms with E-state index in [0.717, 1.165) is 31.2 Å². The average molecular weight is 498 g/mol. The first-order valence-electron chi connectivity index (χ1n) is 11.2. The summed E-state index contributed by atoms with van der Waals surface area (Å²) in [5.41, 5.74) is 2.60. The van der Waals surface area contributed by atoms with Gasteiger partial charge in [0.25, 0.3) is 5.91 Å². The van der Waals surface area contributed by atoms with Crippen molar-refractivity contribution in [2.75, 3.05) is 11.6 Å². The Morgan fingerprint density at radius 2 is 1.76 bits per heavy atom. The lowest BCUT2D eigenvalue weighted by molar-refractivity contribution is -0.138. The number of nitrogens with zero attached hydrogens (tertiary/aromatic N) is 2. The Hall–Kier alpha value is -2.75. The molecule has 1 heterocycles. The lowest BCUT2D eigenvalue weighted by atomic mass is 9.77. The van der Waals surface area contributed by atoms with Crippen LogP contribution in [0.15, 0.2) is 54.6 Å². The molecule has 2 atom stereocenters. The van der Waals surface area contributed by atoms with Crippen molar-refractivity contribution in [1.29, 1.82) is 0 Å². The minimum Gasteiger partial charge on any atom is -0.616 e. The van der Waals surface area contributed by atoms with Gasteiger partial charge in [0.15, 0.2) is 10.3 Å². The third kappa shape index (κ3) is 6.02. The minimum absolute atomic E-state index is 0.249. The average Bonchev–Trinajstić information content (AvgIpc) is 3.27. The molecule has 1 amide bonds. The second-order valence-corrected chi connectivity index (χ2v) is 11.1. The largest absolute Gasteiger partial charge is 0.616 e. The molecule has 34 heavy (non-hydrogen) atoms. The number of carbonyl (C=O) groups excluding carboxylic acids is 1. The first-order chi connectivity index (χ1) is 16.4. The van der Waals surface area contributed by atoms with Gasteiger partial charge >= 0.3 is 5.97 Å². The van der Waals surface area contributed by atoms with Crippen LogP contribution in [-0.4, -0.2) is 38.0 Å². The Bertz CT molecular complexity index is 1110. The summed E-state index contributed by atoms with van der Waals surface area (Å²) in [6, 6.07) is 17.1. The molecule has 0 aliphatic heterocycles. The van der Waals surface area contributed by atoms with Gasteiger partial charge in [-0.25, -0.2) is 0 Å². The van der Waals surface area contributed by atoms with Crippen molar-refractivity contribution in [1.82, 2.24) is 10.2 Å². The standard InChI is InChI=1S/C25H27N3O4S2/c1-34(32)22(19-5-3-2-4-6-19)24-27-28-25(33-24)26-23(31)20-13-11-18(12-14-20)17-9-7-16(8-10-17)15-21(29)30/h2-6,11-14,16-17,22H,7-10,15H2,1H3,(H,29,30)(H,26,28,31)/t16-,17-,22?,34?. The lowest BCUT2D eigenvalue weighted by Gasteiger charge is -2.28. The summed E-state index contributed by atoms with van der Waals surface area (Å²) in [5, 5.41) is 20.6. The van der Waals surface area contributed by atoms with Crippen molar-refractivity contribution in [3.63, 3.8) is 0 Å². The number of hydrogen-bond acceptors (Lipinski definition) is 6. The van der Waals surface area contributed by atoms with Crippen LogP contribution in [0.25, 0.3) is 0 Å². The minimum atomic E-state index is -1.19. The SMILES string of the molecule is C[S+]([O-])C(c1ccccc1)c1nnc(NC(=O)c2ccc([C@H]3CC[C@H](CC(=O)O)CC3)cc2)s1. The van der Waals surface area contributed by atoms with E-state index in [4.69, 9.17) is 5.11 Å². The Labute approximate surface area is 205 Å². The first kappa shape index (κ1) is 24.4. The summed E-state index contributed by atoms with van der Waals surface area (Å²) in [6.07, 6.45) is 5.67. The van der Waals surface area contributed by atoms with E-state index >= 15 is 0 Å². The third-order valence-electron chi connectivity index (χ3n) is 6.27. The van der Waals surface area contributed by atoms with Gasteiger partial charge in [-0.2, -0.15) is 0 Å². The number of aromatic nitrogens is 2. The molecule has 7 nitrogen and oxygen atoms in total. The monoisotopic (exact) mass is 497 g/mol. The maximum Gasteiger partial charge on any atom is 0.303 e. The summed E-state index contributed by atoms with van der Waals surface area (Å²) in [7, 11) is 0. The number of aliphatic carboxylic acids is 1. The van der Waals surface area contributed by atoms with Crippen molar-refractivity contribution < 1.29 is 19.2 Å². The summed E-state index contributed by atoms with van der Waals surface area (Å²) in [4.78, 5) is 23.7. The normalized spacial score (nSPS) is 19.8. The Balaban J connectivity index is 1.37. The Morgan fingerprint density at radius 1 is 1.09 bits per heavy atom. The zero-order chi connectivity index (χ0) is 24.1. The van der Waals surface area contributed by atoms with Crippen LogP contribution in [-0.2, 0) is 16.0 Å². The molecule has 2 aromatic carbocycles. The highest BCUT2D eigenvalue weighted by Gasteiger charge is 2.28. The number of carboxylic acids is 1. The molecule has 0 bridgehead atoms. The van der Waals surface area contributed by atoms with Gasteiger partial charge < -0.3 is 9.66 Å². The molecule has 0 radical (unpaired) electrons. The summed E-state index contributed by atoms with van der Waals surface area (Å²) in [6.45, 7) is 0. The Morgan fingerprint density at radius 3 is 2.38 bits per heavy atom. The molecule has 1 aliphatic carbocycles. The van der Waals surface area contributed by atoms with E-state index in [1.807, 2.05) is 54.6 Å². The second-order valence-electron chi connectivity index (χ2n) is 8.63. The quantitative estimate of drug-likeness (QED) is 0.423. The third-order valence-corrected chi connectivity index (χ3v) is 8.49. The van der Waals surface area contributed by atoms with Crippen molar-refractivity contribution >= 4 is 39.5 Å². The maximum atomic E-state index is 12.7. The molecule has 4 rings (SSSR count). The predicted octanol–water partition coefficient (Wildman–Crippen LogP) is 5.01. The molecule has 178 valence electrons. The topological polar surface area (TPSA) is 115 Å². The molecular weight excluding hydrogens is 470 g/mol. The van der Waals surface area contributed by atoms with Gasteiger partial charge in [-0.3, -0.25) is 14.9 Å². The van der Waals surface area contributed by atoms with Crippen LogP contribution in [0.2, 0.25) is 0 Å². The molecule has 1 aliphatic rings. The smallest absolute Gasteiger partial charge is 0.303 e. The molecule has 0 spiro atoms. The Kier molecular flexibility index (Phi) is 7.97. The zero-order valence-electron chi connectivity index (χ0n) is 18.8. The number of carboxylic acid groups (broad SMARTS) is 1. The van der Waals surface area contributed by atoms with Gasteiger partial charge in [0.1, 0.15) is 0 Å². The number of amides is 1. The van der Waals surface area contributed by atoms with Crippen molar-refractivity contribution in [2.45, 2.75) is 43.3 Å². The number of rotatable bonds is 8. The van der Waals surface area contributed by atoms with Gasteiger partial charge in [0.05, 0.1) is 6.26 Å². The van der Waals surface area contributed by atoms with Gasteiger partial charge in [-0.15, -0.1) is 10.2 Å². The van der Waals surface area contributed by atoms with Crippen LogP contribution in [0.3, 0.4) is 0 Å². The number of anilines is 1. The molecular formula is C25H27N3O4S2. The van der Waals surface area contributed by atoms with Crippen LogP contribution in [0.1, 0.15) is 69.8 Å². The first-order valence-corrected chi connectivity index (χ1v) is 13.7. The van der Waals surface area contributed by atoms with Gasteiger partial charge in [-0.1, -0.05) is 53.8 Å². The summed E-state index contributed by atoms with van der Waals surface area (Å²) >= 11 is 0.0430. The fraction of sp³-hybridized carbons (Fsp3) is 0.360. The highest BCUT2D eigenvalue weighted by Crippen LogP contribution is 2.37. The molecule has 1 aromatic heterocycles. The maximum absolute atomic E-state index is 12.7. The number of hydrogen-bond donors (Lipinski definition) is 2. The van der Waals surface area contributed by atoms with Crippen molar-refractivity contribution in [3.8, 4) is 0 Å². The van der Waals surface area contributed by atoms with Gasteiger partial charge in [0.2, 0.25) is 5.13 Å². The molecule has 2 unspecified atom stereocenters. The van der Waals surface area contributed by atoms with Crippen LogP contribution < -0.4 is 5.32 Å². The van der Waals surface area contributed by atoms with Crippen LogP contribution in [0.5, 0.6) is 0 Å². The highest BCUT2D eigenvalue weighted by atomic mass is 32.2. The van der Waals surface area contributed by atoms with Crippen LogP contribution in [0, 0.1) is 5.92 Å². The van der Waals surface area contributed by atoms with E-state index in [1.54, 1.807) is 6.26 Å². The van der Waals surface area contributed by atoms with Crippen molar-refractivity contribution in [2.24, 2.45) is 5.92 Å². The van der Waals surface area contributed by atoms with Gasteiger partial charge in [0, 0.05) is 17.5 Å². The van der Waals surface area contributed by atoms with E-state index in [2.05, 4.69) is 15.5 Å². The van der Waals surface area contributed by atoms with E-state index < -0.39 is 22.4 Å². The zero-order valence-corrected chi connectivity index (χ0v) is 20.5. The molecule has 0 saturated heterocycles. The summed E-state index contributed by atoms with van der Waals surface area (Å²) in [5.74, 6) is -0.326. The molecule has 3 aromatic rings. The van der Waals surface area contributed by atoms with E-state index in [1.165, 1.54) is 16.9 Å². The fourth-order valence-corrected chi connectivity index (χ4v) is 6.69. The van der Waals surface area contributed by atoms with E-state index in [0.29, 0.717) is 21.6 Å². The molecule has 1 fully saturated rings. The van der Waals surface area contributed by atoms with Crippen LogP contribution in [0.4, 0.5) is 5.13 Å². The highest BCUT2D eigenvalue weighted by molar-refractivity contribution is 7.91. The molecule has 9 heteroatoms. The van der Waals surface area contributed by atoms with E-state index in [-0.39, 0.29) is 18.2 Å². The second kappa shape index (κ2) is 11.1. The predicted molar refractivity (Wildman–Crippen MR) is 134 cm³/mol. The lowest BCUT2D eigenvalue weighted by Crippen LogP contribution is -2.16. The van der Waals surface area contributed by atoms with Crippen molar-refractivity contribution in [3.05, 3.63) is 76.3 Å². The summed E-state index contributed by atoms with van der Waals surface area (Å²) < 4.78 is 12.4. The van der Waals surface area contributed by atoms with Gasteiger partial charge in [-0.05, 0) is 66.4 Å². The molecule has 1 saturated carbocycles. The van der Waals surface area contributed by atoms with Crippen LogP contribution >= 0.6 is 11.3 Å². The fourth-order valence-electron chi connectivity index (χ4n) is 4.52. The number of carbonyl (C=O) groups is 2. The number of benzene rings is 2. The van der Waals surface area contributed by atoms with E-state index in [9.17, 15) is 14.1 Å².